The normalized spacial score (nSPS) is 11.4. The van der Waals surface area contributed by atoms with Gasteiger partial charge in [0, 0.05) is 13.6 Å². The zero-order valence-corrected chi connectivity index (χ0v) is 12.8. The second-order valence-electron chi connectivity index (χ2n) is 5.51. The van der Waals surface area contributed by atoms with Crippen LogP contribution in [0, 0.1) is 0 Å². The molecule has 0 unspecified atom stereocenters. The number of rotatable bonds is 8. The standard InChI is InChI=1S/C14H24N4O2/c1-11(2)6-9-20-14(3,4)7-8-18-10-12(16-17-18)13(19)15-5/h10H,1,6-9H2,2-5H3,(H,15,19). The number of ether oxygens (including phenoxy) is 1. The molecule has 0 aliphatic carbocycles. The first-order chi connectivity index (χ1) is 9.34. The summed E-state index contributed by atoms with van der Waals surface area (Å²) in [5.41, 5.74) is 1.20. The van der Waals surface area contributed by atoms with Gasteiger partial charge >= 0.3 is 0 Å². The number of amides is 1. The van der Waals surface area contributed by atoms with E-state index >= 15 is 0 Å². The number of hydrogen-bond donors (Lipinski definition) is 1. The molecule has 1 heterocycles. The van der Waals surface area contributed by atoms with E-state index in [9.17, 15) is 4.79 Å². The van der Waals surface area contributed by atoms with Crippen LogP contribution in [0.1, 0.15) is 44.1 Å². The van der Waals surface area contributed by atoms with Gasteiger partial charge < -0.3 is 10.1 Å². The van der Waals surface area contributed by atoms with Gasteiger partial charge in [-0.1, -0.05) is 10.8 Å². The zero-order valence-electron chi connectivity index (χ0n) is 12.8. The molecule has 112 valence electrons. The first kappa shape index (κ1) is 16.4. The highest BCUT2D eigenvalue weighted by Crippen LogP contribution is 2.16. The summed E-state index contributed by atoms with van der Waals surface area (Å²) in [5, 5.41) is 10.3. The van der Waals surface area contributed by atoms with Gasteiger partial charge in [-0.2, -0.15) is 0 Å². The lowest BCUT2D eigenvalue weighted by Gasteiger charge is -2.25. The van der Waals surface area contributed by atoms with Gasteiger partial charge in [-0.3, -0.25) is 9.48 Å². The molecule has 1 rings (SSSR count). The smallest absolute Gasteiger partial charge is 0.273 e. The number of nitrogens with one attached hydrogen (secondary N) is 1. The fraction of sp³-hybridized carbons (Fsp3) is 0.643. The molecule has 0 aliphatic heterocycles. The first-order valence-electron chi connectivity index (χ1n) is 6.74. The summed E-state index contributed by atoms with van der Waals surface area (Å²) >= 11 is 0. The van der Waals surface area contributed by atoms with E-state index in [1.807, 2.05) is 20.8 Å². The third-order valence-corrected chi connectivity index (χ3v) is 2.96. The molecule has 1 aromatic heterocycles. The number of carbonyl (C=O) groups excluding carboxylic acids is 1. The molecule has 0 atom stereocenters. The van der Waals surface area contributed by atoms with Crippen molar-refractivity contribution in [3.05, 3.63) is 24.0 Å². The first-order valence-corrected chi connectivity index (χ1v) is 6.74. The quantitative estimate of drug-likeness (QED) is 0.737. The second-order valence-corrected chi connectivity index (χ2v) is 5.51. The number of carbonyl (C=O) groups is 1. The summed E-state index contributed by atoms with van der Waals surface area (Å²) in [7, 11) is 1.57. The number of hydrogen-bond acceptors (Lipinski definition) is 4. The van der Waals surface area contributed by atoms with Crippen LogP contribution < -0.4 is 5.32 Å². The van der Waals surface area contributed by atoms with Gasteiger partial charge in [0.25, 0.3) is 5.91 Å². The van der Waals surface area contributed by atoms with Gasteiger partial charge in [-0.15, -0.1) is 11.7 Å². The predicted octanol–water partition coefficient (Wildman–Crippen LogP) is 1.79. The van der Waals surface area contributed by atoms with E-state index in [2.05, 4.69) is 22.2 Å². The van der Waals surface area contributed by atoms with Crippen molar-refractivity contribution >= 4 is 5.91 Å². The van der Waals surface area contributed by atoms with Crippen LogP contribution in [0.5, 0.6) is 0 Å². The molecule has 0 aromatic carbocycles. The molecule has 0 saturated heterocycles. The van der Waals surface area contributed by atoms with E-state index in [0.29, 0.717) is 18.8 Å². The Morgan fingerprint density at radius 1 is 1.55 bits per heavy atom. The average Bonchev–Trinajstić information content (AvgIpc) is 2.83. The molecule has 1 N–H and O–H groups in total. The van der Waals surface area contributed by atoms with E-state index < -0.39 is 0 Å². The molecule has 0 radical (unpaired) electrons. The molecule has 0 bridgehead atoms. The Hall–Kier alpha value is -1.69. The molecular formula is C14H24N4O2. The van der Waals surface area contributed by atoms with E-state index in [4.69, 9.17) is 4.74 Å². The maximum Gasteiger partial charge on any atom is 0.273 e. The minimum absolute atomic E-state index is 0.229. The van der Waals surface area contributed by atoms with Crippen LogP contribution in [-0.2, 0) is 11.3 Å². The van der Waals surface area contributed by atoms with Crippen molar-refractivity contribution in [1.82, 2.24) is 20.3 Å². The minimum atomic E-state index is -0.241. The molecule has 1 aromatic rings. The maximum atomic E-state index is 11.4. The Morgan fingerprint density at radius 2 is 2.25 bits per heavy atom. The fourth-order valence-electron chi connectivity index (χ4n) is 1.60. The largest absolute Gasteiger partial charge is 0.375 e. The maximum absolute atomic E-state index is 11.4. The Balaban J connectivity index is 2.43. The van der Waals surface area contributed by atoms with Crippen molar-refractivity contribution in [1.29, 1.82) is 0 Å². The Bertz CT molecular complexity index is 465. The van der Waals surface area contributed by atoms with Crippen LogP contribution in [0.4, 0.5) is 0 Å². The van der Waals surface area contributed by atoms with Crippen molar-refractivity contribution in [2.75, 3.05) is 13.7 Å². The van der Waals surface area contributed by atoms with Crippen LogP contribution in [0.3, 0.4) is 0 Å². The fourth-order valence-corrected chi connectivity index (χ4v) is 1.60. The molecule has 20 heavy (non-hydrogen) atoms. The number of nitrogens with zero attached hydrogens (tertiary/aromatic N) is 3. The summed E-state index contributed by atoms with van der Waals surface area (Å²) in [6.07, 6.45) is 3.30. The highest BCUT2D eigenvalue weighted by Gasteiger charge is 2.19. The summed E-state index contributed by atoms with van der Waals surface area (Å²) in [6, 6.07) is 0. The minimum Gasteiger partial charge on any atom is -0.375 e. The van der Waals surface area contributed by atoms with E-state index in [1.165, 1.54) is 0 Å². The Morgan fingerprint density at radius 3 is 2.85 bits per heavy atom. The van der Waals surface area contributed by atoms with Gasteiger partial charge in [-0.25, -0.2) is 0 Å². The van der Waals surface area contributed by atoms with Crippen molar-refractivity contribution in [2.24, 2.45) is 0 Å². The highest BCUT2D eigenvalue weighted by molar-refractivity contribution is 5.91. The van der Waals surface area contributed by atoms with Gasteiger partial charge in [0.1, 0.15) is 0 Å². The zero-order chi connectivity index (χ0) is 15.2. The molecule has 0 saturated carbocycles. The van der Waals surface area contributed by atoms with Crippen LogP contribution in [0.2, 0.25) is 0 Å². The van der Waals surface area contributed by atoms with Crippen molar-refractivity contribution in [2.45, 2.75) is 45.8 Å². The molecule has 1 amide bonds. The lowest BCUT2D eigenvalue weighted by Crippen LogP contribution is -2.27. The third kappa shape index (κ3) is 5.52. The SMILES string of the molecule is C=C(C)CCOC(C)(C)CCn1cc(C(=O)NC)nn1. The Labute approximate surface area is 120 Å². The molecule has 6 nitrogen and oxygen atoms in total. The van der Waals surface area contributed by atoms with Crippen molar-refractivity contribution in [3.8, 4) is 0 Å². The van der Waals surface area contributed by atoms with Gasteiger partial charge in [0.05, 0.1) is 18.4 Å². The van der Waals surface area contributed by atoms with Crippen LogP contribution in [0.25, 0.3) is 0 Å². The van der Waals surface area contributed by atoms with Gasteiger partial charge in [-0.05, 0) is 33.6 Å². The monoisotopic (exact) mass is 280 g/mol. The molecule has 0 spiro atoms. The van der Waals surface area contributed by atoms with Gasteiger partial charge in [0.15, 0.2) is 5.69 Å². The van der Waals surface area contributed by atoms with E-state index in [0.717, 1.165) is 18.4 Å². The lowest BCUT2D eigenvalue weighted by molar-refractivity contribution is -0.0250. The van der Waals surface area contributed by atoms with Crippen LogP contribution in [-0.4, -0.2) is 40.2 Å². The molecule has 0 fully saturated rings. The molecule has 0 aliphatic rings. The third-order valence-electron chi connectivity index (χ3n) is 2.96. The second kappa shape index (κ2) is 7.19. The summed E-state index contributed by atoms with van der Waals surface area (Å²) in [5.74, 6) is -0.229. The number of aromatic nitrogens is 3. The van der Waals surface area contributed by atoms with Gasteiger partial charge in [0.2, 0.25) is 0 Å². The van der Waals surface area contributed by atoms with Crippen molar-refractivity contribution in [3.63, 3.8) is 0 Å². The summed E-state index contributed by atoms with van der Waals surface area (Å²) < 4.78 is 7.50. The van der Waals surface area contributed by atoms with E-state index in [1.54, 1.807) is 17.9 Å². The summed E-state index contributed by atoms with van der Waals surface area (Å²) in [6.45, 7) is 11.3. The Kier molecular flexibility index (Phi) is 5.88. The topological polar surface area (TPSA) is 69.0 Å². The number of aryl methyl sites for hydroxylation is 1. The van der Waals surface area contributed by atoms with Crippen LogP contribution in [0.15, 0.2) is 18.3 Å². The van der Waals surface area contributed by atoms with Crippen LogP contribution >= 0.6 is 0 Å². The molecular weight excluding hydrogens is 256 g/mol. The lowest BCUT2D eigenvalue weighted by atomic mass is 10.1. The summed E-state index contributed by atoms with van der Waals surface area (Å²) in [4.78, 5) is 11.4. The van der Waals surface area contributed by atoms with Crippen molar-refractivity contribution < 1.29 is 9.53 Å². The van der Waals surface area contributed by atoms with E-state index in [-0.39, 0.29) is 11.5 Å². The highest BCUT2D eigenvalue weighted by atomic mass is 16.5. The average molecular weight is 280 g/mol. The predicted molar refractivity (Wildman–Crippen MR) is 77.5 cm³/mol. The molecule has 6 heteroatoms.